The third-order valence-corrected chi connectivity index (χ3v) is 4.94. The summed E-state index contributed by atoms with van der Waals surface area (Å²) in [6.45, 7) is 0. The van der Waals surface area contributed by atoms with Crippen LogP contribution >= 0.6 is 23.1 Å². The largest absolute Gasteiger partial charge is 0.375 e. The average molecular weight is 344 g/mol. The molecule has 4 aromatic rings. The van der Waals surface area contributed by atoms with Gasteiger partial charge in [-0.25, -0.2) is 14.6 Å². The van der Waals surface area contributed by atoms with Crippen LogP contribution in [0.25, 0.3) is 17.0 Å². The number of aryl methyl sites for hydroxylation is 1. The third kappa shape index (κ3) is 2.55. The van der Waals surface area contributed by atoms with Crippen LogP contribution < -0.4 is 5.73 Å². The van der Waals surface area contributed by atoms with Crippen LogP contribution in [0.5, 0.6) is 0 Å². The minimum Gasteiger partial charge on any atom is -0.375 e. The summed E-state index contributed by atoms with van der Waals surface area (Å²) >= 11 is 3.02. The summed E-state index contributed by atoms with van der Waals surface area (Å²) < 4.78 is 3.58. The predicted octanol–water partition coefficient (Wildman–Crippen LogP) is 1.88. The Balaban J connectivity index is 1.77. The summed E-state index contributed by atoms with van der Waals surface area (Å²) in [5, 5.41) is 15.1. The summed E-state index contributed by atoms with van der Waals surface area (Å²) in [5.74, 6) is 1.31. The van der Waals surface area contributed by atoms with E-state index in [1.54, 1.807) is 23.5 Å². The van der Waals surface area contributed by atoms with Crippen molar-refractivity contribution in [2.45, 2.75) is 10.9 Å². The average Bonchev–Trinajstić information content (AvgIpc) is 3.23. The van der Waals surface area contributed by atoms with Crippen LogP contribution in [0.2, 0.25) is 0 Å². The molecule has 0 fully saturated rings. The molecule has 2 N–H and O–H groups in total. The molecule has 3 aromatic heterocycles. The van der Waals surface area contributed by atoms with E-state index in [1.807, 2.05) is 34.2 Å². The highest BCUT2D eigenvalue weighted by atomic mass is 32.2. The number of para-hydroxylation sites is 2. The van der Waals surface area contributed by atoms with Gasteiger partial charge in [-0.2, -0.15) is 0 Å². The number of benzene rings is 1. The maximum Gasteiger partial charge on any atom is 0.256 e. The number of thioether (sulfide) groups is 1. The number of hydrogen-bond donors (Lipinski definition) is 1. The summed E-state index contributed by atoms with van der Waals surface area (Å²) in [6.07, 6.45) is 0. The minimum absolute atomic E-state index is 0.576. The first-order valence-corrected chi connectivity index (χ1v) is 8.62. The standard InChI is InChI=1S/C13H12N8S2/c1-20-12(17-18-19-20)21-10-5-3-2-4-9(10)16-13(21)23-7-8-6-22-11(14)15-8/h2-6H,7H2,1H3,(H2,14,15). The number of rotatable bonds is 4. The predicted molar refractivity (Wildman–Crippen MR) is 89.5 cm³/mol. The zero-order valence-corrected chi connectivity index (χ0v) is 13.8. The Morgan fingerprint density at radius 3 is 2.87 bits per heavy atom. The monoisotopic (exact) mass is 344 g/mol. The van der Waals surface area contributed by atoms with Crippen LogP contribution in [-0.4, -0.2) is 34.7 Å². The van der Waals surface area contributed by atoms with Crippen LogP contribution in [-0.2, 0) is 12.8 Å². The number of fused-ring (bicyclic) bond motifs is 1. The van der Waals surface area contributed by atoms with Crippen molar-refractivity contribution in [1.29, 1.82) is 0 Å². The van der Waals surface area contributed by atoms with Gasteiger partial charge in [-0.1, -0.05) is 29.0 Å². The first-order valence-electron chi connectivity index (χ1n) is 6.75. The van der Waals surface area contributed by atoms with Crippen molar-refractivity contribution in [2.24, 2.45) is 7.05 Å². The van der Waals surface area contributed by atoms with Gasteiger partial charge in [0.15, 0.2) is 10.3 Å². The molecule has 0 radical (unpaired) electrons. The number of hydrogen-bond acceptors (Lipinski definition) is 8. The summed E-state index contributed by atoms with van der Waals surface area (Å²) in [4.78, 5) is 8.98. The second kappa shape index (κ2) is 5.63. The Labute approximate surface area is 139 Å². The number of aromatic nitrogens is 7. The molecule has 0 saturated carbocycles. The Hall–Kier alpha value is -2.46. The van der Waals surface area contributed by atoms with Crippen LogP contribution in [0.4, 0.5) is 5.13 Å². The Kier molecular flexibility index (Phi) is 3.46. The molecule has 4 rings (SSSR count). The molecule has 0 amide bonds. The Morgan fingerprint density at radius 2 is 2.13 bits per heavy atom. The fourth-order valence-electron chi connectivity index (χ4n) is 2.24. The van der Waals surface area contributed by atoms with E-state index in [9.17, 15) is 0 Å². The number of nitrogens with zero attached hydrogens (tertiary/aromatic N) is 7. The molecule has 8 nitrogen and oxygen atoms in total. The first-order chi connectivity index (χ1) is 11.2. The minimum atomic E-state index is 0.576. The van der Waals surface area contributed by atoms with E-state index < -0.39 is 0 Å². The highest BCUT2D eigenvalue weighted by Crippen LogP contribution is 2.29. The molecule has 0 aliphatic carbocycles. The highest BCUT2D eigenvalue weighted by molar-refractivity contribution is 7.98. The zero-order chi connectivity index (χ0) is 15.8. The van der Waals surface area contributed by atoms with Gasteiger partial charge in [0.2, 0.25) is 0 Å². The second-order valence-corrected chi connectivity index (χ2v) is 6.62. The van der Waals surface area contributed by atoms with E-state index in [-0.39, 0.29) is 0 Å². The summed E-state index contributed by atoms with van der Waals surface area (Å²) in [7, 11) is 1.81. The van der Waals surface area contributed by atoms with Crippen molar-refractivity contribution < 1.29 is 0 Å². The van der Waals surface area contributed by atoms with Gasteiger partial charge < -0.3 is 5.73 Å². The van der Waals surface area contributed by atoms with Crippen LogP contribution in [0.15, 0.2) is 34.8 Å². The normalized spacial score (nSPS) is 11.3. The van der Waals surface area contributed by atoms with Gasteiger partial charge in [-0.3, -0.25) is 4.57 Å². The molecule has 0 atom stereocenters. The fourth-order valence-corrected chi connectivity index (χ4v) is 3.80. The van der Waals surface area contributed by atoms with E-state index in [0.717, 1.165) is 21.9 Å². The zero-order valence-electron chi connectivity index (χ0n) is 12.1. The van der Waals surface area contributed by atoms with Crippen LogP contribution in [0.1, 0.15) is 5.69 Å². The molecule has 0 bridgehead atoms. The van der Waals surface area contributed by atoms with Crippen molar-refractivity contribution in [3.05, 3.63) is 35.3 Å². The van der Waals surface area contributed by atoms with Crippen molar-refractivity contribution in [3.63, 3.8) is 0 Å². The molecule has 3 heterocycles. The Morgan fingerprint density at radius 1 is 1.26 bits per heavy atom. The van der Waals surface area contributed by atoms with Gasteiger partial charge in [-0.05, 0) is 22.6 Å². The maximum absolute atomic E-state index is 5.68. The number of nitrogens with two attached hydrogens (primary N) is 1. The van der Waals surface area contributed by atoms with E-state index >= 15 is 0 Å². The van der Waals surface area contributed by atoms with Crippen molar-refractivity contribution in [3.8, 4) is 5.95 Å². The molecule has 23 heavy (non-hydrogen) atoms. The lowest BCUT2D eigenvalue weighted by atomic mass is 10.3. The number of anilines is 1. The molecule has 0 unspecified atom stereocenters. The fraction of sp³-hybridized carbons (Fsp3) is 0.154. The number of thiazole rings is 1. The molecule has 0 aliphatic rings. The van der Waals surface area contributed by atoms with E-state index in [0.29, 0.717) is 16.8 Å². The molecule has 0 aliphatic heterocycles. The molecule has 0 saturated heterocycles. The van der Waals surface area contributed by atoms with Gasteiger partial charge in [0.25, 0.3) is 5.95 Å². The van der Waals surface area contributed by atoms with E-state index in [2.05, 4.69) is 20.5 Å². The number of nitrogen functional groups attached to an aromatic ring is 1. The second-order valence-electron chi connectivity index (χ2n) is 4.79. The molecule has 10 heteroatoms. The van der Waals surface area contributed by atoms with Gasteiger partial charge >= 0.3 is 0 Å². The maximum atomic E-state index is 5.68. The topological polar surface area (TPSA) is 100 Å². The summed E-state index contributed by atoms with van der Waals surface area (Å²) in [5.41, 5.74) is 8.48. The Bertz CT molecular complexity index is 969. The third-order valence-electron chi connectivity index (χ3n) is 3.25. The molecule has 1 aromatic carbocycles. The lowest BCUT2D eigenvalue weighted by Crippen LogP contribution is -2.05. The van der Waals surface area contributed by atoms with Crippen molar-refractivity contribution in [2.75, 3.05) is 5.73 Å². The van der Waals surface area contributed by atoms with E-state index in [4.69, 9.17) is 10.7 Å². The van der Waals surface area contributed by atoms with Gasteiger partial charge in [0, 0.05) is 18.2 Å². The van der Waals surface area contributed by atoms with Crippen LogP contribution in [0.3, 0.4) is 0 Å². The van der Waals surface area contributed by atoms with E-state index in [1.165, 1.54) is 11.3 Å². The summed E-state index contributed by atoms with van der Waals surface area (Å²) in [6, 6.07) is 7.91. The van der Waals surface area contributed by atoms with Crippen molar-refractivity contribution >= 4 is 39.3 Å². The van der Waals surface area contributed by atoms with Gasteiger partial charge in [0.05, 0.1) is 16.7 Å². The first kappa shape index (κ1) is 14.2. The lowest BCUT2D eigenvalue weighted by molar-refractivity contribution is 0.682. The quantitative estimate of drug-likeness (QED) is 0.564. The molecular formula is C13H12N8S2. The molecule has 0 spiro atoms. The molecule has 116 valence electrons. The lowest BCUT2D eigenvalue weighted by Gasteiger charge is -2.05. The SMILES string of the molecule is Cn1nnnc1-n1c(SCc2csc(N)n2)nc2ccccc21. The van der Waals surface area contributed by atoms with Gasteiger partial charge in [0.1, 0.15) is 0 Å². The smallest absolute Gasteiger partial charge is 0.256 e. The van der Waals surface area contributed by atoms with Gasteiger partial charge in [-0.15, -0.1) is 11.3 Å². The highest BCUT2D eigenvalue weighted by Gasteiger charge is 2.17. The molecular weight excluding hydrogens is 332 g/mol. The van der Waals surface area contributed by atoms with Crippen LogP contribution in [0, 0.1) is 0 Å². The van der Waals surface area contributed by atoms with Crippen molar-refractivity contribution in [1.82, 2.24) is 34.7 Å². The number of imidazole rings is 1. The number of tetrazole rings is 1.